The van der Waals surface area contributed by atoms with Crippen molar-refractivity contribution in [3.63, 3.8) is 0 Å². The van der Waals surface area contributed by atoms with Crippen molar-refractivity contribution in [3.8, 4) is 5.69 Å². The molecule has 1 aromatic carbocycles. The molecule has 3 aromatic heterocycles. The van der Waals surface area contributed by atoms with Gasteiger partial charge in [-0.25, -0.2) is 0 Å². The summed E-state index contributed by atoms with van der Waals surface area (Å²) in [6.07, 6.45) is 5.02. The highest BCUT2D eigenvalue weighted by Gasteiger charge is 2.21. The predicted octanol–water partition coefficient (Wildman–Crippen LogP) is 1.31. The first-order chi connectivity index (χ1) is 11.5. The number of fused-ring (bicyclic) bond motifs is 3. The molecule has 7 nitrogen and oxygen atoms in total. The molecule has 0 spiro atoms. The lowest BCUT2D eigenvalue weighted by Gasteiger charge is -2.08. The van der Waals surface area contributed by atoms with Crippen LogP contribution in [0.4, 0.5) is 0 Å². The molecule has 0 aliphatic heterocycles. The van der Waals surface area contributed by atoms with Gasteiger partial charge in [-0.3, -0.25) is 14.3 Å². The molecule has 0 aliphatic rings. The Morgan fingerprint density at radius 3 is 2.58 bits per heavy atom. The van der Waals surface area contributed by atoms with Crippen molar-refractivity contribution < 1.29 is 4.79 Å². The van der Waals surface area contributed by atoms with Crippen LogP contribution in [0.5, 0.6) is 0 Å². The summed E-state index contributed by atoms with van der Waals surface area (Å²) < 4.78 is 4.89. The first-order valence-corrected chi connectivity index (χ1v) is 7.40. The maximum atomic E-state index is 12.9. The Morgan fingerprint density at radius 1 is 1.17 bits per heavy atom. The molecule has 120 valence electrons. The van der Waals surface area contributed by atoms with E-state index in [-0.39, 0.29) is 5.56 Å². The number of aryl methyl sites for hydroxylation is 2. The largest absolute Gasteiger partial charge is 0.366 e. The van der Waals surface area contributed by atoms with Gasteiger partial charge >= 0.3 is 0 Å². The van der Waals surface area contributed by atoms with E-state index in [0.29, 0.717) is 22.2 Å². The highest BCUT2D eigenvalue weighted by molar-refractivity contribution is 6.16. The molecule has 0 bridgehead atoms. The van der Waals surface area contributed by atoms with Crippen LogP contribution in [0.15, 0.2) is 47.7 Å². The minimum Gasteiger partial charge on any atom is -0.366 e. The third kappa shape index (κ3) is 1.81. The molecular formula is C17H15N5O2. The van der Waals surface area contributed by atoms with Crippen molar-refractivity contribution in [1.29, 1.82) is 0 Å². The van der Waals surface area contributed by atoms with Crippen LogP contribution in [0.25, 0.3) is 27.5 Å². The Morgan fingerprint density at radius 2 is 1.92 bits per heavy atom. The van der Waals surface area contributed by atoms with Crippen LogP contribution in [0.3, 0.4) is 0 Å². The van der Waals surface area contributed by atoms with Gasteiger partial charge < -0.3 is 14.9 Å². The number of pyridine rings is 1. The molecule has 2 N–H and O–H groups in total. The number of amides is 1. The van der Waals surface area contributed by atoms with E-state index in [1.165, 1.54) is 0 Å². The van der Waals surface area contributed by atoms with Crippen LogP contribution in [0, 0.1) is 0 Å². The summed E-state index contributed by atoms with van der Waals surface area (Å²) in [4.78, 5) is 24.9. The quantitative estimate of drug-likeness (QED) is 0.604. The summed E-state index contributed by atoms with van der Waals surface area (Å²) >= 11 is 0. The van der Waals surface area contributed by atoms with Crippen LogP contribution in [-0.4, -0.2) is 24.8 Å². The predicted molar refractivity (Wildman–Crippen MR) is 91.3 cm³/mol. The fourth-order valence-electron chi connectivity index (χ4n) is 3.16. The van der Waals surface area contributed by atoms with Crippen molar-refractivity contribution in [1.82, 2.24) is 18.9 Å². The fourth-order valence-corrected chi connectivity index (χ4v) is 3.16. The van der Waals surface area contributed by atoms with Crippen LogP contribution >= 0.6 is 0 Å². The summed E-state index contributed by atoms with van der Waals surface area (Å²) in [5, 5.41) is 5.52. The molecule has 24 heavy (non-hydrogen) atoms. The number of primary amides is 1. The minimum absolute atomic E-state index is 0.194. The van der Waals surface area contributed by atoms with Gasteiger partial charge in [-0.05, 0) is 6.07 Å². The van der Waals surface area contributed by atoms with Gasteiger partial charge in [0.1, 0.15) is 5.52 Å². The van der Waals surface area contributed by atoms with Crippen molar-refractivity contribution in [3.05, 3.63) is 58.8 Å². The van der Waals surface area contributed by atoms with E-state index in [9.17, 15) is 9.59 Å². The molecule has 0 saturated heterocycles. The van der Waals surface area contributed by atoms with Crippen molar-refractivity contribution in [2.45, 2.75) is 0 Å². The second-order valence-electron chi connectivity index (χ2n) is 5.75. The third-order valence-corrected chi connectivity index (χ3v) is 4.28. The third-order valence-electron chi connectivity index (χ3n) is 4.28. The average molecular weight is 321 g/mol. The van der Waals surface area contributed by atoms with E-state index in [2.05, 4.69) is 5.10 Å². The van der Waals surface area contributed by atoms with E-state index in [1.807, 2.05) is 24.3 Å². The van der Waals surface area contributed by atoms with Gasteiger partial charge in [0.2, 0.25) is 0 Å². The molecule has 0 fully saturated rings. The normalized spacial score (nSPS) is 11.4. The Balaban J connectivity index is 2.29. The SMILES string of the molecule is Cn1cc(-n2cc(C(N)=O)c3c4ccccc4n(C)c(=O)c32)cn1. The summed E-state index contributed by atoms with van der Waals surface area (Å²) in [6.45, 7) is 0. The number of nitrogens with two attached hydrogens (primary N) is 1. The zero-order valence-corrected chi connectivity index (χ0v) is 13.2. The number of rotatable bonds is 2. The number of benzene rings is 1. The molecule has 0 saturated carbocycles. The Hall–Kier alpha value is -3.35. The zero-order valence-electron chi connectivity index (χ0n) is 13.2. The lowest BCUT2D eigenvalue weighted by molar-refractivity contribution is 0.100. The van der Waals surface area contributed by atoms with Crippen molar-refractivity contribution >= 4 is 27.7 Å². The molecular weight excluding hydrogens is 306 g/mol. The van der Waals surface area contributed by atoms with E-state index in [4.69, 9.17) is 5.73 Å². The van der Waals surface area contributed by atoms with Crippen LogP contribution in [0.1, 0.15) is 10.4 Å². The molecule has 4 rings (SSSR count). The van der Waals surface area contributed by atoms with Crippen LogP contribution in [0.2, 0.25) is 0 Å². The number of nitrogens with zero attached hydrogens (tertiary/aromatic N) is 4. The molecule has 1 amide bonds. The molecule has 0 atom stereocenters. The van der Waals surface area contributed by atoms with Gasteiger partial charge in [0, 0.05) is 37.3 Å². The first-order valence-electron chi connectivity index (χ1n) is 7.40. The number of aromatic nitrogens is 4. The second-order valence-corrected chi connectivity index (χ2v) is 5.75. The number of hydrogen-bond donors (Lipinski definition) is 1. The molecule has 0 radical (unpaired) electrons. The number of carbonyl (C=O) groups excluding carboxylic acids is 1. The summed E-state index contributed by atoms with van der Waals surface area (Å²) in [5.41, 5.74) is 7.56. The monoisotopic (exact) mass is 321 g/mol. The van der Waals surface area contributed by atoms with Gasteiger partial charge in [0.15, 0.2) is 0 Å². The van der Waals surface area contributed by atoms with Gasteiger partial charge in [-0.15, -0.1) is 0 Å². The zero-order chi connectivity index (χ0) is 17.0. The number of carbonyl (C=O) groups is 1. The Labute approximate surface area is 136 Å². The van der Waals surface area contributed by atoms with Crippen LogP contribution < -0.4 is 11.3 Å². The lowest BCUT2D eigenvalue weighted by atomic mass is 10.1. The van der Waals surface area contributed by atoms with Gasteiger partial charge in [-0.1, -0.05) is 18.2 Å². The first kappa shape index (κ1) is 14.3. The molecule has 0 unspecified atom stereocenters. The highest BCUT2D eigenvalue weighted by Crippen LogP contribution is 2.29. The van der Waals surface area contributed by atoms with Crippen LogP contribution in [-0.2, 0) is 14.1 Å². The number of hydrogen-bond acceptors (Lipinski definition) is 3. The lowest BCUT2D eigenvalue weighted by Crippen LogP contribution is -2.19. The topological polar surface area (TPSA) is 87.8 Å². The summed E-state index contributed by atoms with van der Waals surface area (Å²) in [7, 11) is 3.51. The fraction of sp³-hybridized carbons (Fsp3) is 0.118. The molecule has 4 aromatic rings. The smallest absolute Gasteiger partial charge is 0.275 e. The Bertz CT molecular complexity index is 1180. The van der Waals surface area contributed by atoms with E-state index < -0.39 is 5.91 Å². The summed E-state index contributed by atoms with van der Waals surface area (Å²) in [6, 6.07) is 7.47. The summed E-state index contributed by atoms with van der Waals surface area (Å²) in [5.74, 6) is -0.568. The van der Waals surface area contributed by atoms with E-state index in [0.717, 1.165) is 10.9 Å². The maximum absolute atomic E-state index is 12.9. The maximum Gasteiger partial charge on any atom is 0.275 e. The minimum atomic E-state index is -0.568. The van der Waals surface area contributed by atoms with Gasteiger partial charge in [-0.2, -0.15) is 5.10 Å². The number of para-hydroxylation sites is 1. The van der Waals surface area contributed by atoms with E-state index in [1.54, 1.807) is 46.5 Å². The van der Waals surface area contributed by atoms with Gasteiger partial charge in [0.05, 0.1) is 23.0 Å². The van der Waals surface area contributed by atoms with Crippen molar-refractivity contribution in [2.24, 2.45) is 19.8 Å². The molecule has 3 heterocycles. The van der Waals surface area contributed by atoms with Gasteiger partial charge in [0.25, 0.3) is 11.5 Å². The van der Waals surface area contributed by atoms with E-state index >= 15 is 0 Å². The molecule has 7 heteroatoms. The average Bonchev–Trinajstić information content (AvgIpc) is 3.16. The van der Waals surface area contributed by atoms with Crippen molar-refractivity contribution in [2.75, 3.05) is 0 Å². The highest BCUT2D eigenvalue weighted by atomic mass is 16.1. The molecule has 0 aliphatic carbocycles. The standard InChI is InChI=1S/C17H15N5O2/c1-20-8-10(7-19-20)22-9-12(16(18)23)14-11-5-3-4-6-13(11)21(2)17(24)15(14)22/h3-9H,1-2H3,(H2,18,23). The Kier molecular flexibility index (Phi) is 2.86. The second kappa shape index (κ2) is 4.82.